The van der Waals surface area contributed by atoms with Crippen molar-refractivity contribution in [3.05, 3.63) is 52.1 Å². The molecule has 1 atom stereocenters. The maximum Gasteiger partial charge on any atom is 0.387 e. The quantitative estimate of drug-likeness (QED) is 0.540. The fourth-order valence-corrected chi connectivity index (χ4v) is 3.59. The van der Waals surface area contributed by atoms with Crippen molar-refractivity contribution in [2.24, 2.45) is 0 Å². The smallest absolute Gasteiger partial charge is 0.387 e. The summed E-state index contributed by atoms with van der Waals surface area (Å²) in [5.41, 5.74) is 1.46. The topological polar surface area (TPSA) is 39.4 Å². The number of hydrogen-bond donors (Lipinski definition) is 0. The number of alkyl halides is 2. The van der Waals surface area contributed by atoms with E-state index in [1.807, 2.05) is 6.92 Å². The lowest BCUT2D eigenvalue weighted by Crippen LogP contribution is -2.01. The third-order valence-corrected chi connectivity index (χ3v) is 4.85. The molecule has 0 aliphatic rings. The van der Waals surface area contributed by atoms with Crippen LogP contribution in [0.3, 0.4) is 0 Å². The highest BCUT2D eigenvalue weighted by Gasteiger charge is 2.15. The molecule has 0 saturated carbocycles. The van der Waals surface area contributed by atoms with Gasteiger partial charge in [-0.05, 0) is 30.7 Å². The Morgan fingerprint density at radius 1 is 1.17 bits per heavy atom. The fraction of sp³-hybridized carbons (Fsp3) is 0.200. The van der Waals surface area contributed by atoms with E-state index < -0.39 is 6.61 Å². The van der Waals surface area contributed by atoms with Gasteiger partial charge in [0.15, 0.2) is 10.8 Å². The lowest BCUT2D eigenvalue weighted by molar-refractivity contribution is -0.0498. The highest BCUT2D eigenvalue weighted by molar-refractivity contribution is 7.99. The Bertz CT molecular complexity index is 858. The lowest BCUT2D eigenvalue weighted by atomic mass is 10.2. The van der Waals surface area contributed by atoms with Crippen LogP contribution in [0.4, 0.5) is 8.78 Å². The summed E-state index contributed by atoms with van der Waals surface area (Å²) < 4.78 is 30.4. The number of halogens is 4. The van der Waals surface area contributed by atoms with Crippen molar-refractivity contribution in [2.75, 3.05) is 0 Å². The summed E-state index contributed by atoms with van der Waals surface area (Å²) in [5, 5.41) is 9.72. The Balaban J connectivity index is 1.81. The average Bonchev–Trinajstić information content (AvgIpc) is 2.90. The predicted molar refractivity (Wildman–Crippen MR) is 90.4 cm³/mol. The number of ether oxygens (including phenoxy) is 1. The zero-order valence-corrected chi connectivity index (χ0v) is 14.6. The first kappa shape index (κ1) is 17.3. The van der Waals surface area contributed by atoms with Gasteiger partial charge >= 0.3 is 6.61 Å². The highest BCUT2D eigenvalue weighted by Crippen LogP contribution is 2.35. The average molecular weight is 390 g/mol. The summed E-state index contributed by atoms with van der Waals surface area (Å²) in [6.07, 6.45) is 1.69. The van der Waals surface area contributed by atoms with Crippen molar-refractivity contribution in [1.29, 1.82) is 0 Å². The molecule has 0 radical (unpaired) electrons. The number of aromatic nitrogens is 3. The van der Waals surface area contributed by atoms with E-state index in [0.717, 1.165) is 5.56 Å². The molecule has 0 saturated heterocycles. The molecule has 1 aromatic carbocycles. The summed E-state index contributed by atoms with van der Waals surface area (Å²) in [5.74, 6) is 0.123. The molecule has 0 aliphatic carbocycles. The third kappa shape index (κ3) is 3.74. The van der Waals surface area contributed by atoms with Gasteiger partial charge in [-0.1, -0.05) is 47.1 Å². The Labute approximate surface area is 150 Å². The number of rotatable bonds is 5. The first-order chi connectivity index (χ1) is 11.4. The van der Waals surface area contributed by atoms with Gasteiger partial charge in [0.1, 0.15) is 5.75 Å². The summed E-state index contributed by atoms with van der Waals surface area (Å²) in [4.78, 5) is 0. The van der Waals surface area contributed by atoms with E-state index in [9.17, 15) is 8.78 Å². The molecule has 4 nitrogen and oxygen atoms in total. The summed E-state index contributed by atoms with van der Waals surface area (Å²) >= 11 is 13.6. The zero-order chi connectivity index (χ0) is 17.3. The molecular formula is C15H11Cl2F2N3OS. The zero-order valence-electron chi connectivity index (χ0n) is 12.3. The van der Waals surface area contributed by atoms with Crippen LogP contribution in [0.25, 0.3) is 5.65 Å². The van der Waals surface area contributed by atoms with Crippen LogP contribution in [0, 0.1) is 0 Å². The summed E-state index contributed by atoms with van der Waals surface area (Å²) in [6, 6.07) is 8.09. The standard InChI is InChI=1S/C15H11Cl2F2N3OS/c1-8(9-2-4-11(5-3-9)23-14(18)19)24-15-21-20-13-12(17)6-10(16)7-22(13)15/h2-8,14H,1H3. The van der Waals surface area contributed by atoms with Gasteiger partial charge in [0.25, 0.3) is 0 Å². The Morgan fingerprint density at radius 3 is 2.54 bits per heavy atom. The van der Waals surface area contributed by atoms with Gasteiger partial charge in [0.05, 0.1) is 10.0 Å². The number of hydrogen-bond acceptors (Lipinski definition) is 4. The maximum absolute atomic E-state index is 12.2. The normalized spacial score (nSPS) is 12.8. The molecule has 0 spiro atoms. The van der Waals surface area contributed by atoms with E-state index in [1.165, 1.54) is 23.9 Å². The van der Waals surface area contributed by atoms with E-state index in [2.05, 4.69) is 14.9 Å². The minimum atomic E-state index is -2.83. The van der Waals surface area contributed by atoms with Gasteiger partial charge in [0, 0.05) is 11.4 Å². The predicted octanol–water partition coefficient (Wildman–Crippen LogP) is 5.49. The molecule has 1 unspecified atom stereocenters. The molecule has 2 aromatic heterocycles. The van der Waals surface area contributed by atoms with Gasteiger partial charge in [-0.25, -0.2) is 0 Å². The molecular weight excluding hydrogens is 379 g/mol. The van der Waals surface area contributed by atoms with Crippen LogP contribution in [0.1, 0.15) is 17.7 Å². The second kappa shape index (κ2) is 7.13. The minimum absolute atomic E-state index is 0.00996. The van der Waals surface area contributed by atoms with Gasteiger partial charge in [-0.15, -0.1) is 10.2 Å². The lowest BCUT2D eigenvalue weighted by Gasteiger charge is -2.11. The number of benzene rings is 1. The first-order valence-electron chi connectivity index (χ1n) is 6.85. The molecule has 126 valence electrons. The van der Waals surface area contributed by atoms with Crippen LogP contribution in [-0.2, 0) is 0 Å². The molecule has 0 N–H and O–H groups in total. The molecule has 0 fully saturated rings. The monoisotopic (exact) mass is 389 g/mol. The second-order valence-corrected chi connectivity index (χ2v) is 7.04. The third-order valence-electron chi connectivity index (χ3n) is 3.25. The van der Waals surface area contributed by atoms with Gasteiger partial charge in [0.2, 0.25) is 0 Å². The molecule has 3 aromatic rings. The van der Waals surface area contributed by atoms with Gasteiger partial charge in [-0.2, -0.15) is 8.78 Å². The SMILES string of the molecule is CC(Sc1nnc2c(Cl)cc(Cl)cn12)c1ccc(OC(F)F)cc1. The Kier molecular flexibility index (Phi) is 5.12. The number of nitrogens with zero attached hydrogens (tertiary/aromatic N) is 3. The largest absolute Gasteiger partial charge is 0.435 e. The molecule has 24 heavy (non-hydrogen) atoms. The maximum atomic E-state index is 12.2. The van der Waals surface area contributed by atoms with Gasteiger partial charge < -0.3 is 4.74 Å². The number of fused-ring (bicyclic) bond motifs is 1. The number of thioether (sulfide) groups is 1. The summed E-state index contributed by atoms with van der Waals surface area (Å²) in [7, 11) is 0. The van der Waals surface area contributed by atoms with Crippen LogP contribution in [0.2, 0.25) is 10.0 Å². The van der Waals surface area contributed by atoms with Gasteiger partial charge in [-0.3, -0.25) is 4.40 Å². The van der Waals surface area contributed by atoms with E-state index in [0.29, 0.717) is 20.8 Å². The van der Waals surface area contributed by atoms with Crippen LogP contribution >= 0.6 is 35.0 Å². The van der Waals surface area contributed by atoms with Crippen molar-refractivity contribution < 1.29 is 13.5 Å². The fourth-order valence-electron chi connectivity index (χ4n) is 2.13. The molecule has 0 amide bonds. The van der Waals surface area contributed by atoms with Crippen molar-refractivity contribution in [1.82, 2.24) is 14.6 Å². The molecule has 2 heterocycles. The van der Waals surface area contributed by atoms with Crippen LogP contribution in [0.15, 0.2) is 41.7 Å². The Hall–Kier alpha value is -1.57. The van der Waals surface area contributed by atoms with Crippen molar-refractivity contribution in [3.8, 4) is 5.75 Å². The van der Waals surface area contributed by atoms with Crippen molar-refractivity contribution in [2.45, 2.75) is 23.9 Å². The van der Waals surface area contributed by atoms with E-state index in [1.54, 1.807) is 28.8 Å². The van der Waals surface area contributed by atoms with Crippen LogP contribution in [0.5, 0.6) is 5.75 Å². The van der Waals surface area contributed by atoms with E-state index in [4.69, 9.17) is 23.2 Å². The first-order valence-corrected chi connectivity index (χ1v) is 8.49. The molecule has 0 bridgehead atoms. The second-order valence-electron chi connectivity index (χ2n) is 4.89. The molecule has 3 rings (SSSR count). The number of pyridine rings is 1. The summed E-state index contributed by atoms with van der Waals surface area (Å²) in [6.45, 7) is -0.861. The van der Waals surface area contributed by atoms with Crippen molar-refractivity contribution in [3.63, 3.8) is 0 Å². The molecule has 9 heteroatoms. The minimum Gasteiger partial charge on any atom is -0.435 e. The molecule has 0 aliphatic heterocycles. The Morgan fingerprint density at radius 2 is 1.88 bits per heavy atom. The van der Waals surface area contributed by atoms with E-state index in [-0.39, 0.29) is 11.0 Å². The highest BCUT2D eigenvalue weighted by atomic mass is 35.5. The van der Waals surface area contributed by atoms with Crippen LogP contribution in [-0.4, -0.2) is 21.2 Å². The van der Waals surface area contributed by atoms with Crippen molar-refractivity contribution >= 4 is 40.6 Å². The van der Waals surface area contributed by atoms with Crippen LogP contribution < -0.4 is 4.74 Å². The van der Waals surface area contributed by atoms with E-state index >= 15 is 0 Å².